The average molecular weight is 375 g/mol. The van der Waals surface area contributed by atoms with Crippen LogP contribution in [0.2, 0.25) is 0 Å². The Morgan fingerprint density at radius 1 is 1.14 bits per heavy atom. The summed E-state index contributed by atoms with van der Waals surface area (Å²) >= 11 is 0. The molecule has 0 aliphatic carbocycles. The molecule has 28 heavy (non-hydrogen) atoms. The predicted octanol–water partition coefficient (Wildman–Crippen LogP) is 2.83. The van der Waals surface area contributed by atoms with Crippen molar-refractivity contribution in [2.24, 2.45) is 0 Å². The lowest BCUT2D eigenvalue weighted by Crippen LogP contribution is -2.31. The second-order valence-electron chi connectivity index (χ2n) is 7.17. The van der Waals surface area contributed by atoms with Crippen LogP contribution in [0.15, 0.2) is 37.2 Å². The third-order valence-corrected chi connectivity index (χ3v) is 4.97. The lowest BCUT2D eigenvalue weighted by atomic mass is 10.1. The van der Waals surface area contributed by atoms with E-state index in [4.69, 9.17) is 0 Å². The summed E-state index contributed by atoms with van der Waals surface area (Å²) in [4.78, 5) is 27.7. The van der Waals surface area contributed by atoms with Gasteiger partial charge in [-0.2, -0.15) is 4.98 Å². The SMILES string of the molecule is CC(C)n1cnc2cnc(Nc3ccnc(N4CCc5nc[nH]c5C4)n3)cc21. The van der Waals surface area contributed by atoms with E-state index in [9.17, 15) is 0 Å². The maximum Gasteiger partial charge on any atom is 0.227 e. The Bertz CT molecular complexity index is 1130. The lowest BCUT2D eigenvalue weighted by Gasteiger charge is -2.26. The third-order valence-electron chi connectivity index (χ3n) is 4.97. The van der Waals surface area contributed by atoms with Gasteiger partial charge in [0.15, 0.2) is 0 Å². The van der Waals surface area contributed by atoms with Gasteiger partial charge in [0.05, 0.1) is 42.3 Å². The van der Waals surface area contributed by atoms with Crippen LogP contribution in [0, 0.1) is 0 Å². The largest absolute Gasteiger partial charge is 0.347 e. The van der Waals surface area contributed by atoms with Crippen LogP contribution in [-0.4, -0.2) is 41.0 Å². The van der Waals surface area contributed by atoms with Gasteiger partial charge < -0.3 is 19.8 Å². The molecule has 0 bridgehead atoms. The second-order valence-corrected chi connectivity index (χ2v) is 7.17. The Kier molecular flexibility index (Phi) is 3.92. The fraction of sp³-hybridized carbons (Fsp3) is 0.316. The number of fused-ring (bicyclic) bond motifs is 2. The molecule has 0 radical (unpaired) electrons. The summed E-state index contributed by atoms with van der Waals surface area (Å²) in [5.74, 6) is 2.13. The predicted molar refractivity (Wildman–Crippen MR) is 107 cm³/mol. The number of rotatable bonds is 4. The molecule has 0 spiro atoms. The molecule has 5 rings (SSSR count). The van der Waals surface area contributed by atoms with Crippen molar-refractivity contribution in [2.45, 2.75) is 32.9 Å². The van der Waals surface area contributed by atoms with E-state index in [1.807, 2.05) is 18.5 Å². The number of aromatic nitrogens is 7. The monoisotopic (exact) mass is 375 g/mol. The highest BCUT2D eigenvalue weighted by Gasteiger charge is 2.20. The normalized spacial score (nSPS) is 13.9. The molecule has 0 amide bonds. The van der Waals surface area contributed by atoms with Crippen molar-refractivity contribution in [2.75, 3.05) is 16.8 Å². The van der Waals surface area contributed by atoms with Crippen LogP contribution in [0.1, 0.15) is 31.3 Å². The molecule has 0 aromatic carbocycles. The van der Waals surface area contributed by atoms with Gasteiger partial charge in [-0.3, -0.25) is 0 Å². The van der Waals surface area contributed by atoms with Crippen molar-refractivity contribution in [3.63, 3.8) is 0 Å². The molecule has 0 saturated heterocycles. The van der Waals surface area contributed by atoms with E-state index in [1.54, 1.807) is 18.7 Å². The Balaban J connectivity index is 1.40. The molecule has 0 saturated carbocycles. The van der Waals surface area contributed by atoms with Crippen molar-refractivity contribution in [3.8, 4) is 0 Å². The van der Waals surface area contributed by atoms with Crippen molar-refractivity contribution in [1.29, 1.82) is 0 Å². The van der Waals surface area contributed by atoms with E-state index in [1.165, 1.54) is 0 Å². The minimum absolute atomic E-state index is 0.331. The van der Waals surface area contributed by atoms with Crippen LogP contribution < -0.4 is 10.2 Å². The van der Waals surface area contributed by atoms with Gasteiger partial charge in [0, 0.05) is 31.3 Å². The van der Waals surface area contributed by atoms with Gasteiger partial charge >= 0.3 is 0 Å². The second kappa shape index (κ2) is 6.59. The highest BCUT2D eigenvalue weighted by Crippen LogP contribution is 2.23. The van der Waals surface area contributed by atoms with E-state index < -0.39 is 0 Å². The Morgan fingerprint density at radius 2 is 2.07 bits per heavy atom. The Labute approximate surface area is 161 Å². The number of pyridine rings is 1. The summed E-state index contributed by atoms with van der Waals surface area (Å²) in [6.07, 6.45) is 8.03. The summed E-state index contributed by atoms with van der Waals surface area (Å²) in [5.41, 5.74) is 4.18. The fourth-order valence-corrected chi connectivity index (χ4v) is 3.50. The van der Waals surface area contributed by atoms with Gasteiger partial charge in [0.1, 0.15) is 17.2 Å². The van der Waals surface area contributed by atoms with E-state index >= 15 is 0 Å². The number of anilines is 3. The van der Waals surface area contributed by atoms with Gasteiger partial charge in [-0.1, -0.05) is 0 Å². The maximum atomic E-state index is 4.68. The highest BCUT2D eigenvalue weighted by atomic mass is 15.3. The molecule has 5 heterocycles. The van der Waals surface area contributed by atoms with Crippen LogP contribution >= 0.6 is 0 Å². The summed E-state index contributed by atoms with van der Waals surface area (Å²) in [6.45, 7) is 5.85. The number of hydrogen-bond acceptors (Lipinski definition) is 7. The minimum Gasteiger partial charge on any atom is -0.347 e. The zero-order valence-electron chi connectivity index (χ0n) is 15.8. The first-order valence-corrected chi connectivity index (χ1v) is 9.36. The average Bonchev–Trinajstić information content (AvgIpc) is 3.34. The van der Waals surface area contributed by atoms with Gasteiger partial charge in [0.2, 0.25) is 5.95 Å². The summed E-state index contributed by atoms with van der Waals surface area (Å²) in [5, 5.41) is 3.30. The minimum atomic E-state index is 0.331. The number of hydrogen-bond donors (Lipinski definition) is 2. The molecule has 9 nitrogen and oxygen atoms in total. The molecule has 142 valence electrons. The van der Waals surface area contributed by atoms with E-state index in [0.29, 0.717) is 17.8 Å². The van der Waals surface area contributed by atoms with Crippen LogP contribution in [0.5, 0.6) is 0 Å². The molecule has 0 atom stereocenters. The zero-order valence-corrected chi connectivity index (χ0v) is 15.8. The molecule has 9 heteroatoms. The molecule has 1 aliphatic rings. The van der Waals surface area contributed by atoms with Gasteiger partial charge in [-0.25, -0.2) is 19.9 Å². The highest BCUT2D eigenvalue weighted by molar-refractivity contribution is 5.78. The number of H-pyrrole nitrogens is 1. The molecule has 4 aromatic heterocycles. The topological polar surface area (TPSA) is 100 Å². The molecular formula is C19H21N9. The van der Waals surface area contributed by atoms with Gasteiger partial charge in [-0.05, 0) is 19.9 Å². The summed E-state index contributed by atoms with van der Waals surface area (Å²) < 4.78 is 2.13. The van der Waals surface area contributed by atoms with Gasteiger partial charge in [0.25, 0.3) is 0 Å². The zero-order chi connectivity index (χ0) is 19.1. The smallest absolute Gasteiger partial charge is 0.227 e. The first-order valence-electron chi connectivity index (χ1n) is 9.36. The maximum absolute atomic E-state index is 4.68. The molecule has 0 unspecified atom stereocenters. The summed E-state index contributed by atoms with van der Waals surface area (Å²) in [7, 11) is 0. The van der Waals surface area contributed by atoms with Crippen LogP contribution in [0.3, 0.4) is 0 Å². The lowest BCUT2D eigenvalue weighted by molar-refractivity contribution is 0.617. The van der Waals surface area contributed by atoms with Gasteiger partial charge in [-0.15, -0.1) is 0 Å². The van der Waals surface area contributed by atoms with E-state index in [2.05, 4.69) is 58.5 Å². The molecule has 2 N–H and O–H groups in total. The van der Waals surface area contributed by atoms with E-state index in [0.717, 1.165) is 47.7 Å². The first kappa shape index (κ1) is 16.7. The van der Waals surface area contributed by atoms with Crippen molar-refractivity contribution >= 4 is 28.6 Å². The summed E-state index contributed by atoms with van der Waals surface area (Å²) in [6, 6.07) is 4.18. The number of nitrogens with one attached hydrogen (secondary N) is 2. The third kappa shape index (κ3) is 2.94. The fourth-order valence-electron chi connectivity index (χ4n) is 3.50. The van der Waals surface area contributed by atoms with Crippen molar-refractivity contribution in [1.82, 2.24) is 34.5 Å². The number of aromatic amines is 1. The Hall–Kier alpha value is -3.49. The number of nitrogens with zero attached hydrogens (tertiary/aromatic N) is 7. The standard InChI is InChI=1S/C19H21N9/c1-12(2)28-11-24-14-8-21-18(7-16(14)28)25-17-3-5-20-19(26-17)27-6-4-13-15(9-27)23-10-22-13/h3,5,7-8,10-12H,4,6,9H2,1-2H3,(H,22,23)(H,20,21,25,26). The van der Waals surface area contributed by atoms with Crippen LogP contribution in [-0.2, 0) is 13.0 Å². The Morgan fingerprint density at radius 3 is 2.96 bits per heavy atom. The molecule has 1 aliphatic heterocycles. The quantitative estimate of drug-likeness (QED) is 0.566. The first-order chi connectivity index (χ1) is 13.7. The molecular weight excluding hydrogens is 354 g/mol. The van der Waals surface area contributed by atoms with Crippen molar-refractivity contribution < 1.29 is 0 Å². The van der Waals surface area contributed by atoms with E-state index in [-0.39, 0.29) is 0 Å². The van der Waals surface area contributed by atoms with Crippen LogP contribution in [0.25, 0.3) is 11.0 Å². The van der Waals surface area contributed by atoms with Crippen molar-refractivity contribution in [3.05, 3.63) is 48.6 Å². The molecule has 0 fully saturated rings. The number of imidazole rings is 2. The molecule has 4 aromatic rings. The van der Waals surface area contributed by atoms with Crippen LogP contribution in [0.4, 0.5) is 17.6 Å².